The lowest BCUT2D eigenvalue weighted by Crippen LogP contribution is -2.45. The minimum absolute atomic E-state index is 0.0589. The van der Waals surface area contributed by atoms with Crippen molar-refractivity contribution in [2.45, 2.75) is 13.3 Å². The van der Waals surface area contributed by atoms with Crippen LogP contribution in [0.4, 0.5) is 0 Å². The molecule has 0 aliphatic carbocycles. The van der Waals surface area contributed by atoms with Crippen LogP contribution in [0.25, 0.3) is 0 Å². The highest BCUT2D eigenvalue weighted by molar-refractivity contribution is 14.1. The summed E-state index contributed by atoms with van der Waals surface area (Å²) < 4.78 is 0.961. The van der Waals surface area contributed by atoms with Crippen molar-refractivity contribution >= 4 is 40.1 Å². The Hall–Kier alpha value is -0.330. The number of nitrogens with two attached hydrogens (primary N) is 1. The van der Waals surface area contributed by atoms with Crippen LogP contribution in [-0.2, 0) is 0 Å². The molecule has 1 fully saturated rings. The second-order valence-corrected chi connectivity index (χ2v) is 6.71. The highest BCUT2D eigenvalue weighted by Crippen LogP contribution is 2.25. The topological polar surface area (TPSA) is 46.3 Å². The van der Waals surface area contributed by atoms with Crippen LogP contribution in [0.5, 0.6) is 0 Å². The highest BCUT2D eigenvalue weighted by Gasteiger charge is 2.28. The molecule has 2 unspecified atom stereocenters. The zero-order chi connectivity index (χ0) is 14.0. The molecule has 0 radical (unpaired) electrons. The number of amides is 1. The molecule has 2 atom stereocenters. The summed E-state index contributed by atoms with van der Waals surface area (Å²) in [6.07, 6.45) is 1.02. The minimum Gasteiger partial charge on any atom is -0.338 e. The quantitative estimate of drug-likeness (QED) is 0.787. The van der Waals surface area contributed by atoms with Crippen molar-refractivity contribution in [3.63, 3.8) is 0 Å². The molecule has 19 heavy (non-hydrogen) atoms. The van der Waals surface area contributed by atoms with Crippen LogP contribution in [-0.4, -0.2) is 30.4 Å². The molecule has 1 saturated heterocycles. The van der Waals surface area contributed by atoms with Gasteiger partial charge in [0.15, 0.2) is 0 Å². The van der Waals surface area contributed by atoms with Crippen molar-refractivity contribution in [3.05, 3.63) is 32.4 Å². The van der Waals surface area contributed by atoms with Crippen LogP contribution in [0.2, 0.25) is 5.02 Å². The number of benzene rings is 1. The molecule has 1 aliphatic rings. The molecular weight excluding hydrogens is 375 g/mol. The molecule has 1 amide bonds. The molecule has 1 aromatic rings. The predicted octanol–water partition coefficient (Wildman–Crippen LogP) is 3.00. The third-order valence-corrected chi connectivity index (χ3v) is 5.44. The number of nitrogens with zero attached hydrogens (tertiary/aromatic N) is 1. The Kier molecular flexibility index (Phi) is 5.09. The summed E-state index contributed by atoms with van der Waals surface area (Å²) >= 11 is 8.24. The minimum atomic E-state index is 0.0589. The summed E-state index contributed by atoms with van der Waals surface area (Å²) in [5, 5.41) is 0.632. The maximum absolute atomic E-state index is 12.5. The second kappa shape index (κ2) is 6.41. The molecule has 0 spiro atoms. The lowest BCUT2D eigenvalue weighted by atomic mass is 9.87. The fourth-order valence-electron chi connectivity index (χ4n) is 2.45. The number of hydrogen-bond donors (Lipinski definition) is 1. The maximum atomic E-state index is 12.5. The third kappa shape index (κ3) is 3.41. The van der Waals surface area contributed by atoms with Crippen LogP contribution < -0.4 is 5.73 Å². The van der Waals surface area contributed by atoms with Crippen molar-refractivity contribution in [3.8, 4) is 0 Å². The molecule has 104 valence electrons. The summed E-state index contributed by atoms with van der Waals surface area (Å²) in [4.78, 5) is 14.4. The van der Waals surface area contributed by atoms with E-state index in [-0.39, 0.29) is 5.91 Å². The van der Waals surface area contributed by atoms with Gasteiger partial charge in [-0.15, -0.1) is 0 Å². The van der Waals surface area contributed by atoms with E-state index in [9.17, 15) is 4.79 Å². The van der Waals surface area contributed by atoms with Gasteiger partial charge in [0.2, 0.25) is 0 Å². The summed E-state index contributed by atoms with van der Waals surface area (Å²) in [6, 6.07) is 5.47. The molecule has 1 heterocycles. The molecule has 1 aromatic carbocycles. The molecule has 1 aliphatic heterocycles. The Morgan fingerprint density at radius 3 is 2.95 bits per heavy atom. The molecule has 0 aromatic heterocycles. The third-order valence-electron chi connectivity index (χ3n) is 3.87. The molecule has 2 N–H and O–H groups in total. The van der Waals surface area contributed by atoms with Gasteiger partial charge in [-0.1, -0.05) is 18.5 Å². The molecule has 5 heteroatoms. The number of hydrogen-bond acceptors (Lipinski definition) is 2. The van der Waals surface area contributed by atoms with E-state index < -0.39 is 0 Å². The number of carbonyl (C=O) groups is 1. The lowest BCUT2D eigenvalue weighted by molar-refractivity contribution is 0.0618. The fraction of sp³-hybridized carbons (Fsp3) is 0.500. The van der Waals surface area contributed by atoms with Gasteiger partial charge in [-0.3, -0.25) is 4.79 Å². The summed E-state index contributed by atoms with van der Waals surface area (Å²) in [7, 11) is 0. The molecule has 0 saturated carbocycles. The number of rotatable bonds is 2. The first-order valence-corrected chi connectivity index (χ1v) is 7.93. The first kappa shape index (κ1) is 15.1. The van der Waals surface area contributed by atoms with E-state index in [2.05, 4.69) is 29.5 Å². The van der Waals surface area contributed by atoms with Gasteiger partial charge >= 0.3 is 0 Å². The molecule has 0 bridgehead atoms. The summed E-state index contributed by atoms with van der Waals surface area (Å²) in [5.74, 6) is 1.05. The highest BCUT2D eigenvalue weighted by atomic mass is 127. The van der Waals surface area contributed by atoms with Crippen molar-refractivity contribution in [1.29, 1.82) is 0 Å². The van der Waals surface area contributed by atoms with Crippen molar-refractivity contribution in [2.24, 2.45) is 17.6 Å². The van der Waals surface area contributed by atoms with E-state index >= 15 is 0 Å². The van der Waals surface area contributed by atoms with Gasteiger partial charge in [-0.05, 0) is 65.6 Å². The van der Waals surface area contributed by atoms with Crippen LogP contribution in [0.15, 0.2) is 18.2 Å². The van der Waals surface area contributed by atoms with Crippen LogP contribution >= 0.6 is 34.2 Å². The molecule has 3 nitrogen and oxygen atoms in total. The number of carbonyl (C=O) groups excluding carboxylic acids is 1. The SMILES string of the molecule is CC1CCN(C(=O)c2ccc(I)c(Cl)c2)CC1CN. The normalized spacial score (nSPS) is 23.5. The Labute approximate surface area is 132 Å². The van der Waals surface area contributed by atoms with E-state index in [1.165, 1.54) is 0 Å². The Bertz CT molecular complexity index is 481. The van der Waals surface area contributed by atoms with E-state index in [0.29, 0.717) is 29.0 Å². The van der Waals surface area contributed by atoms with Gasteiger partial charge in [0, 0.05) is 22.2 Å². The van der Waals surface area contributed by atoms with Gasteiger partial charge in [-0.2, -0.15) is 0 Å². The smallest absolute Gasteiger partial charge is 0.253 e. The largest absolute Gasteiger partial charge is 0.338 e. The van der Waals surface area contributed by atoms with E-state index in [4.69, 9.17) is 17.3 Å². The van der Waals surface area contributed by atoms with Crippen molar-refractivity contribution < 1.29 is 4.79 Å². The lowest BCUT2D eigenvalue weighted by Gasteiger charge is -2.36. The van der Waals surface area contributed by atoms with Gasteiger partial charge in [0.25, 0.3) is 5.91 Å². The van der Waals surface area contributed by atoms with E-state index in [1.54, 1.807) is 6.07 Å². The predicted molar refractivity (Wildman–Crippen MR) is 86.4 cm³/mol. The Morgan fingerprint density at radius 2 is 2.32 bits per heavy atom. The summed E-state index contributed by atoms with van der Waals surface area (Å²) in [5.41, 5.74) is 6.44. The average Bonchev–Trinajstić information content (AvgIpc) is 2.41. The van der Waals surface area contributed by atoms with Crippen molar-refractivity contribution in [2.75, 3.05) is 19.6 Å². The van der Waals surface area contributed by atoms with Gasteiger partial charge in [0.1, 0.15) is 0 Å². The zero-order valence-electron chi connectivity index (χ0n) is 10.9. The Morgan fingerprint density at radius 1 is 1.58 bits per heavy atom. The first-order valence-electron chi connectivity index (χ1n) is 6.47. The van der Waals surface area contributed by atoms with E-state index in [1.807, 2.05) is 17.0 Å². The number of piperidine rings is 1. The number of likely N-dealkylation sites (tertiary alicyclic amines) is 1. The standard InChI is InChI=1S/C14H18ClIN2O/c1-9-4-5-18(8-11(9)7-17)14(19)10-2-3-13(16)12(15)6-10/h2-3,6,9,11H,4-5,7-8,17H2,1H3. The second-order valence-electron chi connectivity index (χ2n) is 5.14. The summed E-state index contributed by atoms with van der Waals surface area (Å²) in [6.45, 7) is 4.40. The van der Waals surface area contributed by atoms with Crippen LogP contribution in [0.3, 0.4) is 0 Å². The monoisotopic (exact) mass is 392 g/mol. The van der Waals surface area contributed by atoms with Gasteiger partial charge < -0.3 is 10.6 Å². The average molecular weight is 393 g/mol. The van der Waals surface area contributed by atoms with Gasteiger partial charge in [0.05, 0.1) is 5.02 Å². The van der Waals surface area contributed by atoms with Crippen LogP contribution in [0.1, 0.15) is 23.7 Å². The van der Waals surface area contributed by atoms with E-state index in [0.717, 1.165) is 23.1 Å². The molecule has 2 rings (SSSR count). The fourth-order valence-corrected chi connectivity index (χ4v) is 2.97. The first-order chi connectivity index (χ1) is 9.02. The van der Waals surface area contributed by atoms with Gasteiger partial charge in [-0.25, -0.2) is 0 Å². The number of halogens is 2. The zero-order valence-corrected chi connectivity index (χ0v) is 13.8. The van der Waals surface area contributed by atoms with Crippen molar-refractivity contribution in [1.82, 2.24) is 4.90 Å². The maximum Gasteiger partial charge on any atom is 0.253 e. The van der Waals surface area contributed by atoms with Crippen LogP contribution in [0, 0.1) is 15.4 Å². The Balaban J connectivity index is 2.13. The molecular formula is C14H18ClIN2O.